The van der Waals surface area contributed by atoms with Gasteiger partial charge in [-0.25, -0.2) is 0 Å². The van der Waals surface area contributed by atoms with E-state index in [1.54, 1.807) is 13.2 Å². The highest BCUT2D eigenvalue weighted by Gasteiger charge is 1.98. The third-order valence-corrected chi connectivity index (χ3v) is 1.13. The van der Waals surface area contributed by atoms with Gasteiger partial charge in [0.25, 0.3) is 0 Å². The summed E-state index contributed by atoms with van der Waals surface area (Å²) in [5, 5.41) is 9.09. The van der Waals surface area contributed by atoms with Gasteiger partial charge >= 0.3 is 0 Å². The van der Waals surface area contributed by atoms with Crippen molar-refractivity contribution in [2.24, 2.45) is 0 Å². The van der Waals surface area contributed by atoms with Gasteiger partial charge in [-0.1, -0.05) is 6.08 Å². The molecule has 2 heteroatoms. The highest BCUT2D eigenvalue weighted by Crippen LogP contribution is 2.01. The van der Waals surface area contributed by atoms with Crippen LogP contribution in [-0.4, -0.2) is 17.8 Å². The molecule has 0 amide bonds. The summed E-state index contributed by atoms with van der Waals surface area (Å²) >= 11 is 0. The van der Waals surface area contributed by atoms with Gasteiger partial charge in [0, 0.05) is 0 Å². The molecule has 0 radical (unpaired) electrons. The van der Waals surface area contributed by atoms with E-state index in [0.29, 0.717) is 6.61 Å². The molecule has 0 fully saturated rings. The smallest absolute Gasteiger partial charge is 0.0958 e. The maximum atomic E-state index is 9.09. The summed E-state index contributed by atoms with van der Waals surface area (Å²) in [4.78, 5) is 0. The van der Waals surface area contributed by atoms with Crippen LogP contribution >= 0.6 is 0 Å². The molecule has 0 aromatic carbocycles. The largest absolute Gasteiger partial charge is 0.501 e. The summed E-state index contributed by atoms with van der Waals surface area (Å²) in [5.74, 6) is 0. The van der Waals surface area contributed by atoms with Crippen molar-refractivity contribution >= 4 is 0 Å². The number of aliphatic hydroxyl groups is 1. The molecule has 0 aliphatic rings. The van der Waals surface area contributed by atoms with Crippen molar-refractivity contribution in [2.75, 3.05) is 6.61 Å². The number of hydrogen-bond acceptors (Lipinski definition) is 2. The Morgan fingerprint density at radius 2 is 2.40 bits per heavy atom. The van der Waals surface area contributed by atoms with Crippen LogP contribution in [0, 0.1) is 0 Å². The molecule has 0 rings (SSSR count). The third-order valence-electron chi connectivity index (χ3n) is 1.13. The van der Waals surface area contributed by atoms with Crippen LogP contribution in [0.5, 0.6) is 0 Å². The summed E-state index contributed by atoms with van der Waals surface area (Å²) < 4.78 is 4.95. The van der Waals surface area contributed by atoms with Gasteiger partial charge in [-0.15, -0.1) is 6.58 Å². The Hall–Kier alpha value is -0.760. The Morgan fingerprint density at radius 1 is 1.80 bits per heavy atom. The molecular formula is C8H14O2. The summed E-state index contributed by atoms with van der Waals surface area (Å²) in [5.41, 5.74) is 0.775. The molecule has 0 bridgehead atoms. The molecule has 1 N–H and O–H groups in total. The van der Waals surface area contributed by atoms with E-state index in [4.69, 9.17) is 9.84 Å². The first-order chi connectivity index (χ1) is 4.72. The molecule has 0 aromatic heterocycles. The van der Waals surface area contributed by atoms with Crippen molar-refractivity contribution in [3.8, 4) is 0 Å². The Kier molecular flexibility index (Phi) is 4.67. The van der Waals surface area contributed by atoms with E-state index in [9.17, 15) is 0 Å². The molecular weight excluding hydrogens is 128 g/mol. The lowest BCUT2D eigenvalue weighted by molar-refractivity contribution is 0.231. The predicted molar refractivity (Wildman–Crippen MR) is 41.6 cm³/mol. The zero-order chi connectivity index (χ0) is 7.98. The van der Waals surface area contributed by atoms with Crippen LogP contribution in [0.3, 0.4) is 0 Å². The number of hydrogen-bond donors (Lipinski definition) is 1. The molecule has 1 atom stereocenters. The van der Waals surface area contributed by atoms with Crippen molar-refractivity contribution < 1.29 is 9.84 Å². The van der Waals surface area contributed by atoms with Crippen molar-refractivity contribution in [3.63, 3.8) is 0 Å². The van der Waals surface area contributed by atoms with Crippen LogP contribution in [0.1, 0.15) is 13.8 Å². The Morgan fingerprint density at radius 3 is 2.80 bits per heavy atom. The lowest BCUT2D eigenvalue weighted by Gasteiger charge is -2.04. The number of aliphatic hydroxyl groups excluding tert-OH is 1. The van der Waals surface area contributed by atoms with E-state index in [1.165, 1.54) is 6.08 Å². The first-order valence-electron chi connectivity index (χ1n) is 3.31. The minimum absolute atomic E-state index is 0.577. The first-order valence-corrected chi connectivity index (χ1v) is 3.31. The van der Waals surface area contributed by atoms with Crippen LogP contribution < -0.4 is 0 Å². The lowest BCUT2D eigenvalue weighted by atomic mass is 10.2. The first kappa shape index (κ1) is 9.24. The fraction of sp³-hybridized carbons (Fsp3) is 0.500. The van der Waals surface area contributed by atoms with E-state index in [1.807, 2.05) is 6.92 Å². The van der Waals surface area contributed by atoms with Crippen LogP contribution in [0.4, 0.5) is 0 Å². The summed E-state index contributed by atoms with van der Waals surface area (Å²) in [6.07, 6.45) is 2.43. The number of ether oxygens (including phenoxy) is 1. The fourth-order valence-corrected chi connectivity index (χ4v) is 0.470. The van der Waals surface area contributed by atoms with Crippen molar-refractivity contribution in [3.05, 3.63) is 24.5 Å². The van der Waals surface area contributed by atoms with Gasteiger partial charge in [-0.2, -0.15) is 0 Å². The summed E-state index contributed by atoms with van der Waals surface area (Å²) in [6, 6.07) is 0. The van der Waals surface area contributed by atoms with E-state index in [2.05, 4.69) is 6.58 Å². The maximum absolute atomic E-state index is 9.09. The van der Waals surface area contributed by atoms with Gasteiger partial charge in [-0.3, -0.25) is 0 Å². The third kappa shape index (κ3) is 3.30. The highest BCUT2D eigenvalue weighted by molar-refractivity contribution is 5.07. The molecule has 0 heterocycles. The van der Waals surface area contributed by atoms with Gasteiger partial charge in [-0.05, 0) is 19.4 Å². The monoisotopic (exact) mass is 142 g/mol. The van der Waals surface area contributed by atoms with Gasteiger partial charge < -0.3 is 9.84 Å². The van der Waals surface area contributed by atoms with E-state index in [-0.39, 0.29) is 0 Å². The normalized spacial score (nSPS) is 14.5. The predicted octanol–water partition coefficient (Wildman–Crippen LogP) is 1.47. The molecule has 0 aromatic rings. The summed E-state index contributed by atoms with van der Waals surface area (Å²) in [6.45, 7) is 7.76. The standard InChI is InChI=1S/C8H14O2/c1-4-8(9)7(3)6-10-5-2/h4,6,8-9H,1,5H2,2-3H3/b7-6-. The molecule has 0 aliphatic carbocycles. The molecule has 0 saturated carbocycles. The van der Waals surface area contributed by atoms with Crippen LogP contribution in [0.15, 0.2) is 24.5 Å². The second-order valence-electron chi connectivity index (χ2n) is 2.00. The SMILES string of the molecule is C=CC(O)/C(C)=C\OCC. The molecule has 10 heavy (non-hydrogen) atoms. The van der Waals surface area contributed by atoms with Crippen LogP contribution in [-0.2, 0) is 4.74 Å². The number of rotatable bonds is 4. The van der Waals surface area contributed by atoms with E-state index < -0.39 is 6.10 Å². The highest BCUT2D eigenvalue weighted by atomic mass is 16.5. The van der Waals surface area contributed by atoms with E-state index in [0.717, 1.165) is 5.57 Å². The van der Waals surface area contributed by atoms with Crippen molar-refractivity contribution in [1.82, 2.24) is 0 Å². The van der Waals surface area contributed by atoms with Crippen molar-refractivity contribution in [1.29, 1.82) is 0 Å². The quantitative estimate of drug-likeness (QED) is 0.476. The molecule has 1 unspecified atom stereocenters. The second kappa shape index (κ2) is 5.06. The van der Waals surface area contributed by atoms with Crippen LogP contribution in [0.25, 0.3) is 0 Å². The van der Waals surface area contributed by atoms with E-state index >= 15 is 0 Å². The molecule has 0 spiro atoms. The Labute approximate surface area is 61.8 Å². The summed E-state index contributed by atoms with van der Waals surface area (Å²) in [7, 11) is 0. The zero-order valence-electron chi connectivity index (χ0n) is 6.50. The second-order valence-corrected chi connectivity index (χ2v) is 2.00. The van der Waals surface area contributed by atoms with Gasteiger partial charge in [0.15, 0.2) is 0 Å². The molecule has 0 saturated heterocycles. The maximum Gasteiger partial charge on any atom is 0.0958 e. The minimum Gasteiger partial charge on any atom is -0.501 e. The average Bonchev–Trinajstić information content (AvgIpc) is 1.98. The van der Waals surface area contributed by atoms with Crippen molar-refractivity contribution in [2.45, 2.75) is 20.0 Å². The molecule has 58 valence electrons. The van der Waals surface area contributed by atoms with Crippen LogP contribution in [0.2, 0.25) is 0 Å². The fourth-order valence-electron chi connectivity index (χ4n) is 0.470. The molecule has 2 nitrogen and oxygen atoms in total. The Balaban J connectivity index is 3.78. The average molecular weight is 142 g/mol. The lowest BCUT2D eigenvalue weighted by Crippen LogP contribution is -2.03. The Bertz CT molecular complexity index is 127. The van der Waals surface area contributed by atoms with Gasteiger partial charge in [0.2, 0.25) is 0 Å². The minimum atomic E-state index is -0.577. The molecule has 0 aliphatic heterocycles. The van der Waals surface area contributed by atoms with Gasteiger partial charge in [0.1, 0.15) is 0 Å². The topological polar surface area (TPSA) is 29.5 Å². The zero-order valence-corrected chi connectivity index (χ0v) is 6.50. The van der Waals surface area contributed by atoms with Gasteiger partial charge in [0.05, 0.1) is 19.0 Å².